The van der Waals surface area contributed by atoms with Crippen LogP contribution in [0.3, 0.4) is 0 Å². The first-order valence-electron chi connectivity index (χ1n) is 7.21. The fourth-order valence-electron chi connectivity index (χ4n) is 2.15. The molecule has 1 aliphatic rings. The van der Waals surface area contributed by atoms with Gasteiger partial charge in [-0.05, 0) is 12.3 Å². The van der Waals surface area contributed by atoms with E-state index < -0.39 is 5.97 Å². The summed E-state index contributed by atoms with van der Waals surface area (Å²) in [6, 6.07) is 0. The maximum Gasteiger partial charge on any atom is 0.341 e. The molecule has 0 bridgehead atoms. The highest BCUT2D eigenvalue weighted by Gasteiger charge is 2.21. The molecule has 116 valence electrons. The molecule has 0 atom stereocenters. The van der Waals surface area contributed by atoms with Crippen LogP contribution < -0.4 is 10.6 Å². The number of carboxylic acid groups (broad SMARTS) is 1. The Bertz CT molecular complexity index is 680. The number of aryl methyl sites for hydroxylation is 1. The first-order chi connectivity index (χ1) is 10.6. The van der Waals surface area contributed by atoms with Crippen molar-refractivity contribution < 1.29 is 9.90 Å². The zero-order valence-corrected chi connectivity index (χ0v) is 12.3. The minimum atomic E-state index is -1.04. The second kappa shape index (κ2) is 6.00. The molecular weight excluding hydrogens is 284 g/mol. The van der Waals surface area contributed by atoms with E-state index in [1.807, 2.05) is 7.05 Å². The molecule has 0 aromatic carbocycles. The number of nitrogens with zero attached hydrogens (tertiary/aromatic N) is 4. The van der Waals surface area contributed by atoms with Gasteiger partial charge in [-0.15, -0.1) is 0 Å². The summed E-state index contributed by atoms with van der Waals surface area (Å²) in [5, 5.41) is 19.4. The van der Waals surface area contributed by atoms with Gasteiger partial charge in [0.05, 0.1) is 11.9 Å². The van der Waals surface area contributed by atoms with Crippen LogP contribution in [0.15, 0.2) is 18.6 Å². The van der Waals surface area contributed by atoms with Crippen LogP contribution in [0.5, 0.6) is 0 Å². The molecule has 0 spiro atoms. The molecule has 0 amide bonds. The van der Waals surface area contributed by atoms with Gasteiger partial charge in [0.2, 0.25) is 5.95 Å². The molecule has 2 aromatic heterocycles. The fourth-order valence-corrected chi connectivity index (χ4v) is 2.15. The lowest BCUT2D eigenvalue weighted by Gasteiger charge is -2.10. The van der Waals surface area contributed by atoms with Crippen molar-refractivity contribution in [1.29, 1.82) is 0 Å². The van der Waals surface area contributed by atoms with Gasteiger partial charge >= 0.3 is 5.97 Å². The molecule has 8 heteroatoms. The van der Waals surface area contributed by atoms with Gasteiger partial charge in [-0.2, -0.15) is 10.1 Å². The van der Waals surface area contributed by atoms with E-state index in [1.54, 1.807) is 17.1 Å². The van der Waals surface area contributed by atoms with Crippen molar-refractivity contribution in [3.63, 3.8) is 0 Å². The normalized spacial score (nSPS) is 13.9. The third kappa shape index (κ3) is 3.51. The van der Waals surface area contributed by atoms with E-state index in [0.717, 1.165) is 18.0 Å². The molecule has 1 aliphatic carbocycles. The largest absolute Gasteiger partial charge is 0.477 e. The molecule has 22 heavy (non-hydrogen) atoms. The Morgan fingerprint density at radius 1 is 1.45 bits per heavy atom. The molecule has 0 radical (unpaired) electrons. The number of hydrogen-bond donors (Lipinski definition) is 3. The van der Waals surface area contributed by atoms with Crippen LogP contribution in [0.2, 0.25) is 0 Å². The van der Waals surface area contributed by atoms with Gasteiger partial charge in [-0.1, -0.05) is 12.8 Å². The molecule has 8 nitrogen and oxygen atoms in total. The molecule has 2 aromatic rings. The van der Waals surface area contributed by atoms with Crippen LogP contribution in [-0.4, -0.2) is 37.4 Å². The summed E-state index contributed by atoms with van der Waals surface area (Å²) in [4.78, 5) is 19.6. The van der Waals surface area contributed by atoms with E-state index in [0.29, 0.717) is 18.3 Å². The molecule has 3 N–H and O–H groups in total. The molecule has 0 unspecified atom stereocenters. The van der Waals surface area contributed by atoms with Crippen molar-refractivity contribution in [2.45, 2.75) is 19.3 Å². The smallest absolute Gasteiger partial charge is 0.341 e. The van der Waals surface area contributed by atoms with Gasteiger partial charge in [0.25, 0.3) is 0 Å². The number of aromatic nitrogens is 4. The number of rotatable bonds is 7. The van der Waals surface area contributed by atoms with E-state index >= 15 is 0 Å². The van der Waals surface area contributed by atoms with Gasteiger partial charge in [0.15, 0.2) is 0 Å². The van der Waals surface area contributed by atoms with Crippen LogP contribution in [0.1, 0.15) is 29.6 Å². The zero-order chi connectivity index (χ0) is 15.5. The minimum absolute atomic E-state index is 0.0764. The molecular formula is C14H18N6O2. The van der Waals surface area contributed by atoms with E-state index in [4.69, 9.17) is 0 Å². The Morgan fingerprint density at radius 2 is 2.27 bits per heavy atom. The van der Waals surface area contributed by atoms with E-state index in [1.165, 1.54) is 19.0 Å². The summed E-state index contributed by atoms with van der Waals surface area (Å²) < 4.78 is 1.66. The highest BCUT2D eigenvalue weighted by atomic mass is 16.4. The Labute approximate surface area is 127 Å². The van der Waals surface area contributed by atoms with Crippen molar-refractivity contribution in [2.75, 3.05) is 17.2 Å². The fraction of sp³-hybridized carbons (Fsp3) is 0.429. The summed E-state index contributed by atoms with van der Waals surface area (Å²) in [6.07, 6.45) is 8.32. The average Bonchev–Trinajstić information content (AvgIpc) is 3.21. The third-order valence-electron chi connectivity index (χ3n) is 3.52. The van der Waals surface area contributed by atoms with E-state index in [9.17, 15) is 9.90 Å². The Hall–Kier alpha value is -2.64. The zero-order valence-electron chi connectivity index (χ0n) is 12.3. The summed E-state index contributed by atoms with van der Waals surface area (Å²) in [5.74, 6) is 0.416. The second-order valence-electron chi connectivity index (χ2n) is 5.45. The predicted molar refractivity (Wildman–Crippen MR) is 81.3 cm³/mol. The predicted octanol–water partition coefficient (Wildman–Crippen LogP) is 1.86. The molecule has 0 saturated heterocycles. The van der Waals surface area contributed by atoms with Crippen molar-refractivity contribution >= 4 is 23.4 Å². The summed E-state index contributed by atoms with van der Waals surface area (Å²) in [7, 11) is 1.81. The highest BCUT2D eigenvalue weighted by Crippen LogP contribution is 2.32. The number of nitrogens with one attached hydrogen (secondary N) is 2. The van der Waals surface area contributed by atoms with Gasteiger partial charge in [-0.25, -0.2) is 9.78 Å². The van der Waals surface area contributed by atoms with E-state index in [2.05, 4.69) is 25.7 Å². The van der Waals surface area contributed by atoms with Gasteiger partial charge < -0.3 is 15.7 Å². The Balaban J connectivity index is 1.74. The third-order valence-corrected chi connectivity index (χ3v) is 3.52. The number of hydrogen-bond acceptors (Lipinski definition) is 6. The molecule has 0 aliphatic heterocycles. The number of aromatic carboxylic acids is 1. The summed E-state index contributed by atoms with van der Waals surface area (Å²) in [6.45, 7) is 0.717. The number of carboxylic acids is 1. The van der Waals surface area contributed by atoms with Crippen molar-refractivity contribution in [2.24, 2.45) is 13.0 Å². The van der Waals surface area contributed by atoms with Gasteiger partial charge in [0.1, 0.15) is 11.4 Å². The molecule has 3 rings (SSSR count). The van der Waals surface area contributed by atoms with Gasteiger partial charge in [0, 0.05) is 26.0 Å². The lowest BCUT2D eigenvalue weighted by molar-refractivity contribution is 0.0697. The Kier molecular flexibility index (Phi) is 3.90. The SMILES string of the molecule is Cn1cc(Nc2ncc(C(=O)O)c(NCCC3CC3)n2)cn1. The first kappa shape index (κ1) is 14.3. The molecule has 2 heterocycles. The number of carbonyl (C=O) groups is 1. The van der Waals surface area contributed by atoms with Crippen LogP contribution >= 0.6 is 0 Å². The molecule has 1 saturated carbocycles. The minimum Gasteiger partial charge on any atom is -0.477 e. The maximum atomic E-state index is 11.3. The van der Waals surface area contributed by atoms with Crippen LogP contribution in [0.4, 0.5) is 17.5 Å². The van der Waals surface area contributed by atoms with Crippen molar-refractivity contribution in [3.05, 3.63) is 24.2 Å². The monoisotopic (exact) mass is 302 g/mol. The topological polar surface area (TPSA) is 105 Å². The lowest BCUT2D eigenvalue weighted by atomic mass is 10.2. The van der Waals surface area contributed by atoms with Crippen molar-refractivity contribution in [1.82, 2.24) is 19.7 Å². The van der Waals surface area contributed by atoms with Crippen molar-refractivity contribution in [3.8, 4) is 0 Å². The summed E-state index contributed by atoms with van der Waals surface area (Å²) in [5.41, 5.74) is 0.821. The number of anilines is 3. The van der Waals surface area contributed by atoms with Gasteiger partial charge in [-0.3, -0.25) is 4.68 Å². The second-order valence-corrected chi connectivity index (χ2v) is 5.45. The molecule has 1 fully saturated rings. The summed E-state index contributed by atoms with van der Waals surface area (Å²) >= 11 is 0. The lowest BCUT2D eigenvalue weighted by Crippen LogP contribution is -2.12. The standard InChI is InChI=1S/C14H18N6O2/c1-20-8-10(6-17-20)18-14-16-7-11(13(21)22)12(19-14)15-5-4-9-2-3-9/h6-9H,2-5H2,1H3,(H,21,22)(H2,15,16,18,19). The first-order valence-corrected chi connectivity index (χ1v) is 7.21. The van der Waals surface area contributed by atoms with Crippen LogP contribution in [0.25, 0.3) is 0 Å². The average molecular weight is 302 g/mol. The Morgan fingerprint density at radius 3 is 2.91 bits per heavy atom. The maximum absolute atomic E-state index is 11.3. The highest BCUT2D eigenvalue weighted by molar-refractivity contribution is 5.93. The van der Waals surface area contributed by atoms with E-state index in [-0.39, 0.29) is 5.56 Å². The van der Waals surface area contributed by atoms with Crippen LogP contribution in [-0.2, 0) is 7.05 Å². The quantitative estimate of drug-likeness (QED) is 0.717. The van der Waals surface area contributed by atoms with Crippen LogP contribution in [0, 0.1) is 5.92 Å².